The average molecular weight is 305 g/mol. The Kier molecular flexibility index (Phi) is 3.82. The van der Waals surface area contributed by atoms with Crippen LogP contribution in [0.3, 0.4) is 0 Å². The van der Waals surface area contributed by atoms with Crippen molar-refractivity contribution in [2.45, 2.75) is 18.8 Å². The topological polar surface area (TPSA) is 66.1 Å². The highest BCUT2D eigenvalue weighted by molar-refractivity contribution is 7.89. The van der Waals surface area contributed by atoms with Gasteiger partial charge in [0, 0.05) is 19.0 Å². The van der Waals surface area contributed by atoms with Crippen LogP contribution in [0, 0.1) is 0 Å². The molecule has 2 aromatic rings. The van der Waals surface area contributed by atoms with Gasteiger partial charge in [0.15, 0.2) is 0 Å². The summed E-state index contributed by atoms with van der Waals surface area (Å²) in [5, 5.41) is 0. The quantitative estimate of drug-likeness (QED) is 0.881. The third-order valence-corrected chi connectivity index (χ3v) is 5.68. The van der Waals surface area contributed by atoms with E-state index in [1.807, 2.05) is 24.3 Å². The van der Waals surface area contributed by atoms with Crippen LogP contribution in [0.5, 0.6) is 0 Å². The van der Waals surface area contributed by atoms with E-state index in [2.05, 4.69) is 16.5 Å². The summed E-state index contributed by atoms with van der Waals surface area (Å²) in [6, 6.07) is 7.87. The first-order valence-corrected chi connectivity index (χ1v) is 8.74. The van der Waals surface area contributed by atoms with Crippen LogP contribution in [0.1, 0.15) is 24.6 Å². The molecule has 1 saturated heterocycles. The number of hydrogen-bond donors (Lipinski definition) is 1. The van der Waals surface area contributed by atoms with E-state index in [4.69, 9.17) is 0 Å². The predicted molar refractivity (Wildman–Crippen MR) is 83.6 cm³/mol. The highest BCUT2D eigenvalue weighted by Crippen LogP contribution is 2.28. The molecule has 6 heteroatoms. The first-order valence-electron chi connectivity index (χ1n) is 7.13. The number of fused-ring (bicyclic) bond motifs is 1. The summed E-state index contributed by atoms with van der Waals surface area (Å²) in [5.41, 5.74) is 1.93. The van der Waals surface area contributed by atoms with Gasteiger partial charge in [0.05, 0.1) is 16.8 Å². The van der Waals surface area contributed by atoms with Crippen LogP contribution in [-0.2, 0) is 10.0 Å². The fourth-order valence-corrected chi connectivity index (χ4v) is 4.16. The molecule has 0 saturated carbocycles. The van der Waals surface area contributed by atoms with Gasteiger partial charge in [-0.25, -0.2) is 17.7 Å². The number of rotatable bonds is 4. The summed E-state index contributed by atoms with van der Waals surface area (Å²) in [6.07, 6.45) is 3.26. The van der Waals surface area contributed by atoms with Gasteiger partial charge in [0.2, 0.25) is 10.0 Å². The van der Waals surface area contributed by atoms with E-state index in [0.717, 1.165) is 29.7 Å². The largest absolute Gasteiger partial charge is 0.342 e. The van der Waals surface area contributed by atoms with E-state index in [9.17, 15) is 8.42 Å². The normalized spacial score (nSPS) is 20.7. The van der Waals surface area contributed by atoms with Crippen molar-refractivity contribution in [1.82, 2.24) is 14.3 Å². The van der Waals surface area contributed by atoms with Gasteiger partial charge >= 0.3 is 0 Å². The monoisotopic (exact) mass is 305 g/mol. The Morgan fingerprint density at radius 1 is 1.43 bits per heavy atom. The molecule has 1 aromatic heterocycles. The molecule has 0 spiro atoms. The number of aromatic amines is 1. The van der Waals surface area contributed by atoms with Crippen molar-refractivity contribution in [1.29, 1.82) is 0 Å². The third-order valence-electron chi connectivity index (χ3n) is 3.90. The van der Waals surface area contributed by atoms with Gasteiger partial charge in [0.1, 0.15) is 5.82 Å². The fourth-order valence-electron chi connectivity index (χ4n) is 2.84. The number of piperidine rings is 1. The molecule has 1 aliphatic heterocycles. The molecule has 21 heavy (non-hydrogen) atoms. The number of hydrogen-bond acceptors (Lipinski definition) is 3. The Labute approximate surface area is 124 Å². The number of benzene rings is 1. The maximum Gasteiger partial charge on any atom is 0.217 e. The molecule has 5 nitrogen and oxygen atoms in total. The molecule has 0 bridgehead atoms. The minimum atomic E-state index is -3.23. The molecular formula is C15H19N3O2S. The van der Waals surface area contributed by atoms with Gasteiger partial charge in [-0.3, -0.25) is 0 Å². The summed E-state index contributed by atoms with van der Waals surface area (Å²) in [6.45, 7) is 4.61. The molecule has 1 fully saturated rings. The van der Waals surface area contributed by atoms with Crippen molar-refractivity contribution in [2.75, 3.05) is 18.8 Å². The number of H-pyrrole nitrogens is 1. The van der Waals surface area contributed by atoms with E-state index in [1.165, 1.54) is 6.08 Å². The van der Waals surface area contributed by atoms with E-state index in [-0.39, 0.29) is 11.7 Å². The molecule has 3 rings (SSSR count). The van der Waals surface area contributed by atoms with E-state index in [1.54, 1.807) is 4.31 Å². The number of aromatic nitrogens is 2. The van der Waals surface area contributed by atoms with E-state index < -0.39 is 10.0 Å². The molecule has 1 atom stereocenters. The van der Waals surface area contributed by atoms with Gasteiger partial charge in [-0.15, -0.1) is 6.58 Å². The third kappa shape index (κ3) is 2.87. The molecule has 1 aliphatic rings. The molecule has 112 valence electrons. The van der Waals surface area contributed by atoms with Crippen molar-refractivity contribution in [2.24, 2.45) is 0 Å². The van der Waals surface area contributed by atoms with Crippen LogP contribution >= 0.6 is 0 Å². The first kappa shape index (κ1) is 14.3. The minimum Gasteiger partial charge on any atom is -0.342 e. The lowest BCUT2D eigenvalue weighted by atomic mass is 9.99. The minimum absolute atomic E-state index is 0.000148. The van der Waals surface area contributed by atoms with Crippen LogP contribution in [0.15, 0.2) is 36.9 Å². The molecule has 0 radical (unpaired) electrons. The number of nitrogens with one attached hydrogen (secondary N) is 1. The number of nitrogens with zero attached hydrogens (tertiary/aromatic N) is 2. The zero-order valence-electron chi connectivity index (χ0n) is 11.8. The van der Waals surface area contributed by atoms with Gasteiger partial charge < -0.3 is 4.98 Å². The van der Waals surface area contributed by atoms with Crippen molar-refractivity contribution < 1.29 is 8.42 Å². The molecule has 1 unspecified atom stereocenters. The Balaban J connectivity index is 1.84. The molecule has 0 amide bonds. The highest BCUT2D eigenvalue weighted by atomic mass is 32.2. The number of imidazole rings is 1. The van der Waals surface area contributed by atoms with Gasteiger partial charge in [0.25, 0.3) is 0 Å². The zero-order chi connectivity index (χ0) is 14.9. The van der Waals surface area contributed by atoms with Crippen molar-refractivity contribution >= 4 is 21.1 Å². The standard InChI is InChI=1S/C15H19N3O2S/c1-2-10-21(19,20)18-9-5-6-12(11-18)15-16-13-7-3-4-8-14(13)17-15/h2-4,7-8,12H,1,5-6,9-11H2,(H,16,17). The van der Waals surface area contributed by atoms with Crippen LogP contribution in [-0.4, -0.2) is 41.5 Å². The second-order valence-corrected chi connectivity index (χ2v) is 7.42. The zero-order valence-corrected chi connectivity index (χ0v) is 12.6. The van der Waals surface area contributed by atoms with Crippen molar-refractivity contribution in [3.8, 4) is 0 Å². The van der Waals surface area contributed by atoms with Gasteiger partial charge in [-0.2, -0.15) is 0 Å². The average Bonchev–Trinajstić information content (AvgIpc) is 2.91. The highest BCUT2D eigenvalue weighted by Gasteiger charge is 2.30. The lowest BCUT2D eigenvalue weighted by Crippen LogP contribution is -2.40. The summed E-state index contributed by atoms with van der Waals surface area (Å²) in [4.78, 5) is 7.92. The first-order chi connectivity index (χ1) is 10.1. The van der Waals surface area contributed by atoms with Crippen molar-refractivity contribution in [3.63, 3.8) is 0 Å². The SMILES string of the molecule is C=CCS(=O)(=O)N1CCCC(c2nc3ccccc3[nH]2)C1. The summed E-state index contributed by atoms with van der Waals surface area (Å²) >= 11 is 0. The number of sulfonamides is 1. The fraction of sp³-hybridized carbons (Fsp3) is 0.400. The van der Waals surface area contributed by atoms with Gasteiger partial charge in [-0.1, -0.05) is 18.2 Å². The Hall–Kier alpha value is -1.66. The molecule has 2 heterocycles. The van der Waals surface area contributed by atoms with Crippen LogP contribution in [0.25, 0.3) is 11.0 Å². The Morgan fingerprint density at radius 2 is 2.24 bits per heavy atom. The van der Waals surface area contributed by atoms with Gasteiger partial charge in [-0.05, 0) is 25.0 Å². The predicted octanol–water partition coefficient (Wildman–Crippen LogP) is 2.26. The summed E-state index contributed by atoms with van der Waals surface area (Å²) in [5.74, 6) is 1.01. The Bertz CT molecular complexity index is 718. The lowest BCUT2D eigenvalue weighted by molar-refractivity contribution is 0.311. The molecule has 1 aromatic carbocycles. The summed E-state index contributed by atoms with van der Waals surface area (Å²) in [7, 11) is -3.23. The van der Waals surface area contributed by atoms with Crippen LogP contribution in [0.2, 0.25) is 0 Å². The van der Waals surface area contributed by atoms with Crippen LogP contribution in [0.4, 0.5) is 0 Å². The summed E-state index contributed by atoms with van der Waals surface area (Å²) < 4.78 is 25.9. The van der Waals surface area contributed by atoms with Crippen molar-refractivity contribution in [3.05, 3.63) is 42.7 Å². The molecular weight excluding hydrogens is 286 g/mol. The molecule has 0 aliphatic carbocycles. The Morgan fingerprint density at radius 3 is 3.00 bits per heavy atom. The maximum absolute atomic E-state index is 12.2. The smallest absolute Gasteiger partial charge is 0.217 e. The van der Waals surface area contributed by atoms with E-state index >= 15 is 0 Å². The lowest BCUT2D eigenvalue weighted by Gasteiger charge is -2.30. The molecule has 1 N–H and O–H groups in total. The number of para-hydroxylation sites is 2. The second kappa shape index (κ2) is 5.61. The van der Waals surface area contributed by atoms with E-state index in [0.29, 0.717) is 13.1 Å². The maximum atomic E-state index is 12.2. The second-order valence-electron chi connectivity index (χ2n) is 5.40. The van der Waals surface area contributed by atoms with Crippen LogP contribution < -0.4 is 0 Å².